The van der Waals surface area contributed by atoms with Crippen molar-refractivity contribution in [3.63, 3.8) is 0 Å². The summed E-state index contributed by atoms with van der Waals surface area (Å²) in [5.74, 6) is 0.0950. The molecule has 0 bridgehead atoms. The van der Waals surface area contributed by atoms with Crippen LogP contribution in [0, 0.1) is 0 Å². The summed E-state index contributed by atoms with van der Waals surface area (Å²) in [6, 6.07) is 9.68. The fourth-order valence-corrected chi connectivity index (χ4v) is 3.48. The van der Waals surface area contributed by atoms with Gasteiger partial charge in [0.2, 0.25) is 10.0 Å². The second kappa shape index (κ2) is 9.50. The molecule has 0 aromatic heterocycles. The van der Waals surface area contributed by atoms with E-state index in [-0.39, 0.29) is 11.7 Å². The van der Waals surface area contributed by atoms with Crippen LogP contribution in [0.2, 0.25) is 0 Å². The highest BCUT2D eigenvalue weighted by molar-refractivity contribution is 9.09. The number of rotatable bonds is 10. The molecule has 0 spiro atoms. The predicted octanol–water partition coefficient (Wildman–Crippen LogP) is 2.51. The van der Waals surface area contributed by atoms with Gasteiger partial charge in [0.25, 0.3) is 0 Å². The van der Waals surface area contributed by atoms with Crippen LogP contribution in [0.15, 0.2) is 30.3 Å². The molecule has 6 heteroatoms. The van der Waals surface area contributed by atoms with Gasteiger partial charge in [-0.05, 0) is 17.9 Å². The van der Waals surface area contributed by atoms with Gasteiger partial charge < -0.3 is 4.74 Å². The van der Waals surface area contributed by atoms with Crippen LogP contribution in [-0.2, 0) is 14.8 Å². The molecular weight excluding hydrogens is 342 g/mol. The SMILES string of the molecule is CC(CS(=O)(=O)NCCCOCCBr)c1ccccc1. The van der Waals surface area contributed by atoms with Crippen LogP contribution < -0.4 is 4.72 Å². The van der Waals surface area contributed by atoms with Crippen LogP contribution in [0.1, 0.15) is 24.8 Å². The number of hydrogen-bond acceptors (Lipinski definition) is 3. The Morgan fingerprint density at radius 3 is 2.60 bits per heavy atom. The molecule has 1 rings (SSSR count). The van der Waals surface area contributed by atoms with Crippen molar-refractivity contribution in [1.82, 2.24) is 4.72 Å². The van der Waals surface area contributed by atoms with Gasteiger partial charge in [-0.15, -0.1) is 0 Å². The highest BCUT2D eigenvalue weighted by Crippen LogP contribution is 2.16. The lowest BCUT2D eigenvalue weighted by atomic mass is 10.0. The molecule has 4 nitrogen and oxygen atoms in total. The van der Waals surface area contributed by atoms with Crippen LogP contribution in [0.5, 0.6) is 0 Å². The second-order valence-corrected chi connectivity index (χ2v) is 7.29. The molecule has 1 unspecified atom stereocenters. The van der Waals surface area contributed by atoms with Crippen LogP contribution in [-0.4, -0.2) is 39.3 Å². The molecule has 1 atom stereocenters. The first-order chi connectivity index (χ1) is 9.55. The van der Waals surface area contributed by atoms with Crippen molar-refractivity contribution in [3.05, 3.63) is 35.9 Å². The summed E-state index contributed by atoms with van der Waals surface area (Å²) in [5.41, 5.74) is 1.04. The van der Waals surface area contributed by atoms with Crippen molar-refractivity contribution in [2.45, 2.75) is 19.3 Å². The van der Waals surface area contributed by atoms with E-state index in [1.165, 1.54) is 0 Å². The van der Waals surface area contributed by atoms with Gasteiger partial charge in [-0.1, -0.05) is 53.2 Å². The van der Waals surface area contributed by atoms with E-state index in [4.69, 9.17) is 4.74 Å². The first-order valence-electron chi connectivity index (χ1n) is 6.71. The Morgan fingerprint density at radius 1 is 1.25 bits per heavy atom. The third-order valence-corrected chi connectivity index (χ3v) is 4.75. The minimum atomic E-state index is -3.24. The van der Waals surface area contributed by atoms with Gasteiger partial charge in [0.15, 0.2) is 0 Å². The normalized spacial score (nSPS) is 13.3. The zero-order chi connectivity index (χ0) is 14.8. The lowest BCUT2D eigenvalue weighted by molar-refractivity contribution is 0.149. The number of sulfonamides is 1. The van der Waals surface area contributed by atoms with E-state index in [0.717, 1.165) is 10.9 Å². The zero-order valence-corrected chi connectivity index (χ0v) is 14.1. The summed E-state index contributed by atoms with van der Waals surface area (Å²) in [6.45, 7) is 3.57. The van der Waals surface area contributed by atoms with Crippen molar-refractivity contribution in [2.24, 2.45) is 0 Å². The van der Waals surface area contributed by atoms with Gasteiger partial charge in [-0.3, -0.25) is 0 Å². The monoisotopic (exact) mass is 363 g/mol. The molecule has 0 heterocycles. The topological polar surface area (TPSA) is 55.4 Å². The Morgan fingerprint density at radius 2 is 1.95 bits per heavy atom. The molecule has 114 valence electrons. The Hall–Kier alpha value is -0.430. The molecule has 20 heavy (non-hydrogen) atoms. The maximum Gasteiger partial charge on any atom is 0.212 e. The van der Waals surface area contributed by atoms with Gasteiger partial charge in [-0.25, -0.2) is 13.1 Å². The molecule has 1 aromatic carbocycles. The van der Waals surface area contributed by atoms with Crippen molar-refractivity contribution in [1.29, 1.82) is 0 Å². The Bertz CT molecular complexity index is 465. The van der Waals surface area contributed by atoms with E-state index in [0.29, 0.717) is 26.2 Å². The highest BCUT2D eigenvalue weighted by atomic mass is 79.9. The molecular formula is C14H22BrNO3S. The lowest BCUT2D eigenvalue weighted by Gasteiger charge is -2.13. The van der Waals surface area contributed by atoms with Crippen LogP contribution in [0.25, 0.3) is 0 Å². The third-order valence-electron chi connectivity index (χ3n) is 2.85. The third kappa shape index (κ3) is 7.38. The summed E-state index contributed by atoms with van der Waals surface area (Å²) in [6.07, 6.45) is 0.686. The summed E-state index contributed by atoms with van der Waals surface area (Å²) < 4.78 is 31.8. The lowest BCUT2D eigenvalue weighted by Crippen LogP contribution is -2.30. The van der Waals surface area contributed by atoms with Gasteiger partial charge in [0.05, 0.1) is 12.4 Å². The fraction of sp³-hybridized carbons (Fsp3) is 0.571. The van der Waals surface area contributed by atoms with E-state index in [1.54, 1.807) is 0 Å². The summed E-state index contributed by atoms with van der Waals surface area (Å²) in [5, 5.41) is 0.799. The number of alkyl halides is 1. The molecule has 0 aliphatic heterocycles. The average molecular weight is 364 g/mol. The molecule has 0 radical (unpaired) electrons. The van der Waals surface area contributed by atoms with E-state index in [1.807, 2.05) is 37.3 Å². The minimum absolute atomic E-state index is 0.0154. The molecule has 1 N–H and O–H groups in total. The van der Waals surface area contributed by atoms with E-state index >= 15 is 0 Å². The maximum atomic E-state index is 11.9. The molecule has 1 aromatic rings. The zero-order valence-electron chi connectivity index (χ0n) is 11.7. The first kappa shape index (κ1) is 17.6. The summed E-state index contributed by atoms with van der Waals surface area (Å²) in [4.78, 5) is 0. The van der Waals surface area contributed by atoms with Gasteiger partial charge in [-0.2, -0.15) is 0 Å². The first-order valence-corrected chi connectivity index (χ1v) is 9.48. The average Bonchev–Trinajstić information content (AvgIpc) is 2.43. The minimum Gasteiger partial charge on any atom is -0.381 e. The van der Waals surface area contributed by atoms with Crippen molar-refractivity contribution in [2.75, 3.05) is 30.8 Å². The quantitative estimate of drug-likeness (QED) is 0.513. The Labute approximate surface area is 130 Å². The Kier molecular flexibility index (Phi) is 8.37. The molecule has 0 saturated carbocycles. The van der Waals surface area contributed by atoms with Gasteiger partial charge >= 0.3 is 0 Å². The van der Waals surface area contributed by atoms with Crippen molar-refractivity contribution in [3.8, 4) is 0 Å². The molecule has 0 aliphatic carbocycles. The smallest absolute Gasteiger partial charge is 0.212 e. The number of nitrogens with one attached hydrogen (secondary N) is 1. The van der Waals surface area contributed by atoms with Crippen LogP contribution in [0.3, 0.4) is 0 Å². The molecule has 0 saturated heterocycles. The van der Waals surface area contributed by atoms with Gasteiger partial charge in [0.1, 0.15) is 0 Å². The number of hydrogen-bond donors (Lipinski definition) is 1. The van der Waals surface area contributed by atoms with E-state index in [2.05, 4.69) is 20.7 Å². The van der Waals surface area contributed by atoms with Gasteiger partial charge in [0, 0.05) is 18.5 Å². The fourth-order valence-electron chi connectivity index (χ4n) is 1.82. The van der Waals surface area contributed by atoms with E-state index < -0.39 is 10.0 Å². The summed E-state index contributed by atoms with van der Waals surface area (Å²) in [7, 11) is -3.24. The van der Waals surface area contributed by atoms with Crippen LogP contribution >= 0.6 is 15.9 Å². The van der Waals surface area contributed by atoms with Crippen molar-refractivity contribution < 1.29 is 13.2 Å². The summed E-state index contributed by atoms with van der Waals surface area (Å²) >= 11 is 3.26. The highest BCUT2D eigenvalue weighted by Gasteiger charge is 2.16. The molecule has 0 fully saturated rings. The molecule has 0 amide bonds. The largest absolute Gasteiger partial charge is 0.381 e. The van der Waals surface area contributed by atoms with E-state index in [9.17, 15) is 8.42 Å². The standard InChI is InChI=1S/C14H22BrNO3S/c1-13(14-6-3-2-4-7-14)12-20(17,18)16-9-5-10-19-11-8-15/h2-4,6-7,13,16H,5,8-12H2,1H3. The predicted molar refractivity (Wildman–Crippen MR) is 85.9 cm³/mol. The van der Waals surface area contributed by atoms with Crippen LogP contribution in [0.4, 0.5) is 0 Å². The maximum absolute atomic E-state index is 11.9. The Balaban J connectivity index is 2.31. The number of benzene rings is 1. The van der Waals surface area contributed by atoms with Crippen molar-refractivity contribution >= 4 is 26.0 Å². The second-order valence-electron chi connectivity index (χ2n) is 4.64. The molecule has 0 aliphatic rings. The number of ether oxygens (including phenoxy) is 1. The number of halogens is 1.